The molecule has 3 rings (SSSR count). The van der Waals surface area contributed by atoms with Crippen LogP contribution in [0.4, 0.5) is 0 Å². The number of benzene rings is 2. The summed E-state index contributed by atoms with van der Waals surface area (Å²) in [4.78, 5) is 0. The summed E-state index contributed by atoms with van der Waals surface area (Å²) in [5, 5.41) is 0. The minimum absolute atomic E-state index is 0.966. The maximum absolute atomic E-state index is 2.35. The normalized spacial score (nSPS) is 19.9. The molecule has 0 aliphatic heterocycles. The van der Waals surface area contributed by atoms with Gasteiger partial charge in [0.05, 0.1) is 0 Å². The fourth-order valence-electron chi connectivity index (χ4n) is 4.66. The van der Waals surface area contributed by atoms with E-state index in [-0.39, 0.29) is 0 Å². The molecule has 1 aliphatic carbocycles. The molecule has 146 valence electrons. The van der Waals surface area contributed by atoms with Crippen LogP contribution < -0.4 is 0 Å². The lowest BCUT2D eigenvalue weighted by Gasteiger charge is -2.28. The van der Waals surface area contributed by atoms with Crippen LogP contribution in [0.1, 0.15) is 82.8 Å². The summed E-state index contributed by atoms with van der Waals surface area (Å²) >= 11 is 0. The van der Waals surface area contributed by atoms with Crippen molar-refractivity contribution in [1.29, 1.82) is 0 Å². The van der Waals surface area contributed by atoms with Crippen LogP contribution in [-0.4, -0.2) is 0 Å². The second kappa shape index (κ2) is 10.7. The zero-order valence-corrected chi connectivity index (χ0v) is 17.6. The molecule has 2 aromatic rings. The number of aryl methyl sites for hydroxylation is 2. The van der Waals surface area contributed by atoms with Crippen molar-refractivity contribution in [2.45, 2.75) is 84.5 Å². The van der Waals surface area contributed by atoms with E-state index in [0.717, 1.165) is 18.3 Å². The van der Waals surface area contributed by atoms with Crippen molar-refractivity contribution in [2.24, 2.45) is 11.8 Å². The molecule has 0 unspecified atom stereocenters. The molecular weight excluding hydrogens is 324 g/mol. The van der Waals surface area contributed by atoms with Crippen molar-refractivity contribution in [1.82, 2.24) is 0 Å². The molecule has 27 heavy (non-hydrogen) atoms. The highest BCUT2D eigenvalue weighted by molar-refractivity contribution is 5.63. The topological polar surface area (TPSA) is 0 Å². The molecule has 1 saturated carbocycles. The van der Waals surface area contributed by atoms with E-state index in [1.54, 1.807) is 0 Å². The minimum Gasteiger partial charge on any atom is -0.0654 e. The number of unbranched alkanes of at least 4 members (excludes halogenated alkanes) is 2. The molecule has 0 bridgehead atoms. The molecule has 0 heterocycles. The van der Waals surface area contributed by atoms with Crippen molar-refractivity contribution < 1.29 is 0 Å². The highest BCUT2D eigenvalue weighted by Gasteiger charge is 2.20. The summed E-state index contributed by atoms with van der Waals surface area (Å²) in [6.07, 6.45) is 15.4. The van der Waals surface area contributed by atoms with E-state index in [1.807, 2.05) is 0 Å². The van der Waals surface area contributed by atoms with Gasteiger partial charge in [-0.05, 0) is 53.4 Å². The average Bonchev–Trinajstić information content (AvgIpc) is 2.74. The molecule has 0 nitrogen and oxygen atoms in total. The van der Waals surface area contributed by atoms with Crippen molar-refractivity contribution in [3.8, 4) is 11.1 Å². The SMILES string of the molecule is CCCCC[C@H]1CC[C@H](CCc2ccc(-c3ccc(CC)cc3)cc2)CC1. The molecule has 2 aromatic carbocycles. The van der Waals surface area contributed by atoms with E-state index in [0.29, 0.717) is 0 Å². The molecular formula is C27H38. The zero-order chi connectivity index (χ0) is 18.9. The van der Waals surface area contributed by atoms with E-state index in [9.17, 15) is 0 Å². The Labute approximate surface area is 167 Å². The van der Waals surface area contributed by atoms with Gasteiger partial charge in [-0.25, -0.2) is 0 Å². The lowest BCUT2D eigenvalue weighted by atomic mass is 9.78. The van der Waals surface area contributed by atoms with Crippen molar-refractivity contribution >= 4 is 0 Å². The molecule has 0 spiro atoms. The predicted octanol–water partition coefficient (Wildman–Crippen LogP) is 8.24. The van der Waals surface area contributed by atoms with Crippen LogP contribution in [0, 0.1) is 11.8 Å². The Hall–Kier alpha value is -1.56. The number of hydrogen-bond acceptors (Lipinski definition) is 0. The first kappa shape index (κ1) is 20.2. The first-order valence-corrected chi connectivity index (χ1v) is 11.5. The third kappa shape index (κ3) is 6.23. The lowest BCUT2D eigenvalue weighted by molar-refractivity contribution is 0.249. The molecule has 1 fully saturated rings. The van der Waals surface area contributed by atoms with Gasteiger partial charge in [-0.15, -0.1) is 0 Å². The fraction of sp³-hybridized carbons (Fsp3) is 0.556. The van der Waals surface area contributed by atoms with Crippen molar-refractivity contribution in [3.05, 3.63) is 59.7 Å². The van der Waals surface area contributed by atoms with Gasteiger partial charge in [0.2, 0.25) is 0 Å². The number of rotatable bonds is 9. The smallest absolute Gasteiger partial charge is 0.0184 e. The summed E-state index contributed by atoms with van der Waals surface area (Å²) in [6, 6.07) is 18.3. The van der Waals surface area contributed by atoms with Gasteiger partial charge in [-0.1, -0.05) is 114 Å². The molecule has 0 saturated heterocycles. The van der Waals surface area contributed by atoms with Crippen LogP contribution in [-0.2, 0) is 12.8 Å². The summed E-state index contributed by atoms with van der Waals surface area (Å²) in [7, 11) is 0. The van der Waals surface area contributed by atoms with Gasteiger partial charge in [0.15, 0.2) is 0 Å². The quantitative estimate of drug-likeness (QED) is 0.394. The molecule has 0 N–H and O–H groups in total. The Morgan fingerprint density at radius 3 is 1.67 bits per heavy atom. The van der Waals surface area contributed by atoms with Gasteiger partial charge >= 0.3 is 0 Å². The Bertz CT molecular complexity index is 641. The molecule has 0 heteroatoms. The van der Waals surface area contributed by atoms with Crippen LogP contribution in [0.3, 0.4) is 0 Å². The summed E-state index contributed by atoms with van der Waals surface area (Å²) in [6.45, 7) is 4.52. The van der Waals surface area contributed by atoms with Gasteiger partial charge in [0.25, 0.3) is 0 Å². The molecule has 1 aliphatic rings. The average molecular weight is 363 g/mol. The maximum Gasteiger partial charge on any atom is -0.0184 e. The van der Waals surface area contributed by atoms with E-state index in [2.05, 4.69) is 62.4 Å². The first-order valence-electron chi connectivity index (χ1n) is 11.5. The second-order valence-electron chi connectivity index (χ2n) is 8.67. The van der Waals surface area contributed by atoms with Gasteiger partial charge in [0.1, 0.15) is 0 Å². The summed E-state index contributed by atoms with van der Waals surface area (Å²) < 4.78 is 0. The van der Waals surface area contributed by atoms with Crippen LogP contribution >= 0.6 is 0 Å². The van der Waals surface area contributed by atoms with E-state index in [1.165, 1.54) is 86.5 Å². The minimum atomic E-state index is 0.966. The summed E-state index contributed by atoms with van der Waals surface area (Å²) in [5.74, 6) is 2.00. The Morgan fingerprint density at radius 2 is 1.15 bits per heavy atom. The van der Waals surface area contributed by atoms with Gasteiger partial charge in [-0.3, -0.25) is 0 Å². The van der Waals surface area contributed by atoms with E-state index >= 15 is 0 Å². The largest absolute Gasteiger partial charge is 0.0654 e. The van der Waals surface area contributed by atoms with E-state index in [4.69, 9.17) is 0 Å². The Kier molecular flexibility index (Phi) is 7.99. The molecule has 0 aromatic heterocycles. The monoisotopic (exact) mass is 362 g/mol. The van der Waals surface area contributed by atoms with Crippen molar-refractivity contribution in [2.75, 3.05) is 0 Å². The molecule has 0 radical (unpaired) electrons. The van der Waals surface area contributed by atoms with Crippen LogP contribution in [0.2, 0.25) is 0 Å². The van der Waals surface area contributed by atoms with Gasteiger partial charge in [-0.2, -0.15) is 0 Å². The number of hydrogen-bond donors (Lipinski definition) is 0. The molecule has 0 atom stereocenters. The van der Waals surface area contributed by atoms with Gasteiger partial charge in [0, 0.05) is 0 Å². The highest BCUT2D eigenvalue weighted by atomic mass is 14.3. The Morgan fingerprint density at radius 1 is 0.630 bits per heavy atom. The zero-order valence-electron chi connectivity index (χ0n) is 17.6. The van der Waals surface area contributed by atoms with Crippen LogP contribution in [0.25, 0.3) is 11.1 Å². The highest BCUT2D eigenvalue weighted by Crippen LogP contribution is 2.34. The fourth-order valence-corrected chi connectivity index (χ4v) is 4.66. The van der Waals surface area contributed by atoms with Crippen LogP contribution in [0.5, 0.6) is 0 Å². The van der Waals surface area contributed by atoms with Crippen LogP contribution in [0.15, 0.2) is 48.5 Å². The molecule has 0 amide bonds. The van der Waals surface area contributed by atoms with Gasteiger partial charge < -0.3 is 0 Å². The lowest BCUT2D eigenvalue weighted by Crippen LogP contribution is -2.15. The summed E-state index contributed by atoms with van der Waals surface area (Å²) in [5.41, 5.74) is 5.60. The second-order valence-corrected chi connectivity index (χ2v) is 8.67. The predicted molar refractivity (Wildman–Crippen MR) is 119 cm³/mol. The maximum atomic E-state index is 2.35. The van der Waals surface area contributed by atoms with E-state index < -0.39 is 0 Å². The standard InChI is InChI=1S/C27H38/c1-3-5-6-7-23-8-10-24(11-9-23)12-13-25-16-20-27(21-17-25)26-18-14-22(4-2)15-19-26/h14-21,23-24H,3-13H2,1-2H3/t23-,24-. The first-order chi connectivity index (χ1) is 13.3. The third-order valence-electron chi connectivity index (χ3n) is 6.67. The van der Waals surface area contributed by atoms with Crippen molar-refractivity contribution in [3.63, 3.8) is 0 Å². The third-order valence-corrected chi connectivity index (χ3v) is 6.67. The Balaban J connectivity index is 1.42.